The molecule has 0 amide bonds. The monoisotopic (exact) mass is 789 g/mol. The highest BCUT2D eigenvalue weighted by atomic mass is 19.3. The summed E-state index contributed by atoms with van der Waals surface area (Å²) in [4.78, 5) is 0. The van der Waals surface area contributed by atoms with Crippen LogP contribution in [-0.4, -0.2) is 50.9 Å². The molecule has 4 nitrogen and oxygen atoms in total. The Morgan fingerprint density at radius 2 is 0.782 bits per heavy atom. The molecule has 0 aromatic heterocycles. The summed E-state index contributed by atoms with van der Waals surface area (Å²) in [6.45, 7) is 23.4. The standard InChI is InChI=1S/C17H28F4.2C15H28O2/c1-12-4-6-13(7-5-12)16(18,19)17(20,21)14-8-10-15(2,3)11-9-14;1-12-16-10-14(11-17-12)5-4-13-6-8-15(2,3)9-7-13;1-12-10-16-14(17-11-12)5-4-13-6-8-15(2,3)9-7-13/h12-14H,4-11H2,1-3H3;2*12-14H,4-11H2,1-3H3. The third kappa shape index (κ3) is 15.3. The molecule has 0 atom stereocenters. The molecular formula is C47H84F4O4. The Balaban J connectivity index is 0.000000185. The summed E-state index contributed by atoms with van der Waals surface area (Å²) in [5.41, 5.74) is 1.20. The van der Waals surface area contributed by atoms with Crippen LogP contribution in [0.4, 0.5) is 17.6 Å². The number of halogens is 4. The maximum absolute atomic E-state index is 14.5. The van der Waals surface area contributed by atoms with Gasteiger partial charge in [0, 0.05) is 23.7 Å². The molecule has 2 saturated heterocycles. The first kappa shape index (κ1) is 47.2. The molecule has 324 valence electrons. The van der Waals surface area contributed by atoms with E-state index in [4.69, 9.17) is 18.9 Å². The van der Waals surface area contributed by atoms with Crippen LogP contribution in [-0.2, 0) is 18.9 Å². The van der Waals surface area contributed by atoms with Crippen molar-refractivity contribution in [2.75, 3.05) is 26.4 Å². The molecule has 2 aliphatic heterocycles. The number of rotatable bonds is 9. The van der Waals surface area contributed by atoms with E-state index in [-0.39, 0.29) is 43.7 Å². The van der Waals surface area contributed by atoms with Crippen molar-refractivity contribution < 1.29 is 36.5 Å². The van der Waals surface area contributed by atoms with Crippen LogP contribution in [0.2, 0.25) is 0 Å². The van der Waals surface area contributed by atoms with E-state index in [2.05, 4.69) is 34.6 Å². The molecule has 55 heavy (non-hydrogen) atoms. The van der Waals surface area contributed by atoms with Crippen molar-refractivity contribution in [2.24, 2.45) is 57.7 Å². The molecule has 0 bridgehead atoms. The summed E-state index contributed by atoms with van der Waals surface area (Å²) < 4.78 is 80.3. The van der Waals surface area contributed by atoms with Crippen LogP contribution in [0.5, 0.6) is 0 Å². The summed E-state index contributed by atoms with van der Waals surface area (Å²) >= 11 is 0. The SMILES string of the molecule is CC1CCC(C(F)(F)C(F)(F)C2CCC(C)(C)CC2)CC1.CC1COC(CCC2CCC(C)(C)CC2)OC1.CC1OCC(CCC2CCC(C)(C)CC2)CO1. The Hall–Kier alpha value is -0.440. The van der Waals surface area contributed by atoms with Gasteiger partial charge in [-0.3, -0.25) is 0 Å². The van der Waals surface area contributed by atoms with Gasteiger partial charge in [-0.2, -0.15) is 17.6 Å². The predicted octanol–water partition coefficient (Wildman–Crippen LogP) is 14.3. The molecule has 0 radical (unpaired) electrons. The van der Waals surface area contributed by atoms with E-state index in [1.54, 1.807) is 0 Å². The molecule has 8 heteroatoms. The minimum atomic E-state index is -3.85. The first-order chi connectivity index (χ1) is 25.7. The highest BCUT2D eigenvalue weighted by molar-refractivity contribution is 4.98. The lowest BCUT2D eigenvalue weighted by Crippen LogP contribution is -2.53. The van der Waals surface area contributed by atoms with Gasteiger partial charge >= 0.3 is 11.8 Å². The summed E-state index contributed by atoms with van der Waals surface area (Å²) in [6, 6.07) is 0. The van der Waals surface area contributed by atoms with Gasteiger partial charge in [0.15, 0.2) is 12.6 Å². The fourth-order valence-corrected chi connectivity index (χ4v) is 9.88. The lowest BCUT2D eigenvalue weighted by atomic mass is 9.68. The van der Waals surface area contributed by atoms with Gasteiger partial charge in [-0.1, -0.05) is 74.7 Å². The van der Waals surface area contributed by atoms with E-state index < -0.39 is 23.7 Å². The zero-order valence-corrected chi connectivity index (χ0v) is 36.8. The molecule has 4 saturated carbocycles. The van der Waals surface area contributed by atoms with Crippen LogP contribution in [0.1, 0.15) is 191 Å². The molecule has 2 heterocycles. The minimum absolute atomic E-state index is 0.0155. The van der Waals surface area contributed by atoms with Gasteiger partial charge in [0.2, 0.25) is 0 Å². The Morgan fingerprint density at radius 3 is 1.22 bits per heavy atom. The van der Waals surface area contributed by atoms with E-state index in [0.717, 1.165) is 44.7 Å². The average molecular weight is 789 g/mol. The molecular weight excluding hydrogens is 705 g/mol. The summed E-state index contributed by atoms with van der Waals surface area (Å²) in [6.07, 6.45) is 19.8. The van der Waals surface area contributed by atoms with E-state index in [0.29, 0.717) is 54.3 Å². The summed E-state index contributed by atoms with van der Waals surface area (Å²) in [5.74, 6) is -6.52. The van der Waals surface area contributed by atoms with Crippen molar-refractivity contribution in [2.45, 2.75) is 215 Å². The summed E-state index contributed by atoms with van der Waals surface area (Å²) in [5, 5.41) is 0. The van der Waals surface area contributed by atoms with Crippen LogP contribution >= 0.6 is 0 Å². The zero-order chi connectivity index (χ0) is 40.5. The normalized spacial score (nSPS) is 33.8. The fraction of sp³-hybridized carbons (Fsp3) is 1.00. The number of alkyl halides is 4. The highest BCUT2D eigenvalue weighted by Crippen LogP contribution is 2.54. The third-order valence-corrected chi connectivity index (χ3v) is 14.8. The van der Waals surface area contributed by atoms with Gasteiger partial charge in [-0.15, -0.1) is 0 Å². The lowest BCUT2D eigenvalue weighted by molar-refractivity contribution is -0.270. The van der Waals surface area contributed by atoms with Crippen molar-refractivity contribution in [3.63, 3.8) is 0 Å². The molecule has 0 N–H and O–H groups in total. The van der Waals surface area contributed by atoms with Crippen LogP contribution < -0.4 is 0 Å². The largest absolute Gasteiger partial charge is 0.353 e. The van der Waals surface area contributed by atoms with Gasteiger partial charge in [-0.05, 0) is 150 Å². The number of ether oxygens (including phenoxy) is 4. The Labute approximate surface area is 335 Å². The molecule has 6 rings (SSSR count). The summed E-state index contributed by atoms with van der Waals surface area (Å²) in [7, 11) is 0. The maximum atomic E-state index is 14.5. The van der Waals surface area contributed by atoms with Gasteiger partial charge in [0.05, 0.1) is 26.4 Å². The van der Waals surface area contributed by atoms with Crippen LogP contribution in [0.3, 0.4) is 0 Å². The van der Waals surface area contributed by atoms with Crippen molar-refractivity contribution >= 4 is 0 Å². The van der Waals surface area contributed by atoms with E-state index in [9.17, 15) is 17.6 Å². The van der Waals surface area contributed by atoms with Gasteiger partial charge in [-0.25, -0.2) is 0 Å². The predicted molar refractivity (Wildman–Crippen MR) is 216 cm³/mol. The van der Waals surface area contributed by atoms with Crippen LogP contribution in [0.15, 0.2) is 0 Å². The number of hydrogen-bond acceptors (Lipinski definition) is 4. The first-order valence-electron chi connectivity index (χ1n) is 22.9. The number of hydrogen-bond donors (Lipinski definition) is 0. The van der Waals surface area contributed by atoms with Crippen molar-refractivity contribution in [1.29, 1.82) is 0 Å². The quantitative estimate of drug-likeness (QED) is 0.218. The fourth-order valence-electron chi connectivity index (χ4n) is 9.88. The highest BCUT2D eigenvalue weighted by Gasteiger charge is 2.64. The second-order valence-electron chi connectivity index (χ2n) is 21.8. The van der Waals surface area contributed by atoms with Crippen molar-refractivity contribution in [1.82, 2.24) is 0 Å². The lowest BCUT2D eigenvalue weighted by Gasteiger charge is -2.43. The molecule has 0 unspecified atom stereocenters. The molecule has 0 aromatic rings. The van der Waals surface area contributed by atoms with Gasteiger partial charge in [0.25, 0.3) is 0 Å². The first-order valence-corrected chi connectivity index (χ1v) is 22.9. The Kier molecular flexibility index (Phi) is 17.8. The van der Waals surface area contributed by atoms with Crippen molar-refractivity contribution in [3.8, 4) is 0 Å². The molecule has 4 aliphatic carbocycles. The van der Waals surface area contributed by atoms with Gasteiger partial charge in [0.1, 0.15) is 0 Å². The Morgan fingerprint density at radius 1 is 0.418 bits per heavy atom. The average Bonchev–Trinajstić information content (AvgIpc) is 3.13. The van der Waals surface area contributed by atoms with Crippen LogP contribution in [0, 0.1) is 57.7 Å². The molecule has 0 spiro atoms. The molecule has 6 fully saturated rings. The topological polar surface area (TPSA) is 36.9 Å². The molecule has 6 aliphatic rings. The second kappa shape index (κ2) is 20.7. The van der Waals surface area contributed by atoms with Crippen LogP contribution in [0.25, 0.3) is 0 Å². The zero-order valence-electron chi connectivity index (χ0n) is 36.8. The third-order valence-electron chi connectivity index (χ3n) is 14.8. The van der Waals surface area contributed by atoms with E-state index >= 15 is 0 Å². The van der Waals surface area contributed by atoms with E-state index in [1.165, 1.54) is 70.6 Å². The van der Waals surface area contributed by atoms with Gasteiger partial charge < -0.3 is 18.9 Å². The van der Waals surface area contributed by atoms with Crippen molar-refractivity contribution in [3.05, 3.63) is 0 Å². The Bertz CT molecular complexity index is 1010. The smallest absolute Gasteiger partial charge is 0.313 e. The second-order valence-corrected chi connectivity index (χ2v) is 21.8. The van der Waals surface area contributed by atoms with E-state index in [1.807, 2.05) is 27.7 Å². The molecule has 0 aromatic carbocycles. The minimum Gasteiger partial charge on any atom is -0.353 e. The maximum Gasteiger partial charge on any atom is 0.313 e.